The molecule has 0 heterocycles. The summed E-state index contributed by atoms with van der Waals surface area (Å²) in [5.74, 6) is 0. The lowest BCUT2D eigenvalue weighted by Crippen LogP contribution is -2.18. The Morgan fingerprint density at radius 3 is 1.79 bits per heavy atom. The lowest BCUT2D eigenvalue weighted by molar-refractivity contribution is -0.0127. The summed E-state index contributed by atoms with van der Waals surface area (Å²) in [6.07, 6.45) is 13.7. The highest BCUT2D eigenvalue weighted by atomic mass is 16.5. The monoisotopic (exact) mass is 273 g/mol. The first-order valence-electron chi connectivity index (χ1n) is 8.15. The minimum absolute atomic E-state index is 0.196. The van der Waals surface area contributed by atoms with Crippen LogP contribution in [0.4, 0.5) is 0 Å². The maximum Gasteiger partial charge on any atom is 0.110 e. The summed E-state index contributed by atoms with van der Waals surface area (Å²) in [7, 11) is 0. The summed E-state index contributed by atoms with van der Waals surface area (Å²) in [6.45, 7) is 2.67. The van der Waals surface area contributed by atoms with Gasteiger partial charge in [0.05, 0.1) is 6.61 Å². The number of ether oxygens (including phenoxy) is 1. The average Bonchev–Trinajstić information content (AvgIpc) is 2.43. The number of rotatable bonds is 15. The van der Waals surface area contributed by atoms with Gasteiger partial charge in [-0.05, 0) is 6.42 Å². The fourth-order valence-electron chi connectivity index (χ4n) is 2.14. The van der Waals surface area contributed by atoms with Crippen molar-refractivity contribution in [2.45, 2.75) is 83.7 Å². The van der Waals surface area contributed by atoms with E-state index in [0.717, 1.165) is 6.42 Å². The first-order chi connectivity index (χ1) is 9.31. The zero-order valence-corrected chi connectivity index (χ0v) is 12.7. The van der Waals surface area contributed by atoms with E-state index in [0.29, 0.717) is 6.61 Å². The van der Waals surface area contributed by atoms with E-state index < -0.39 is 12.7 Å². The SMILES string of the molecule is CCCCCCCCCCCCCOCC(O)C[O]. The van der Waals surface area contributed by atoms with Crippen LogP contribution in [0.2, 0.25) is 0 Å². The Morgan fingerprint density at radius 2 is 1.32 bits per heavy atom. The third-order valence-electron chi connectivity index (χ3n) is 3.39. The zero-order chi connectivity index (χ0) is 14.2. The highest BCUT2D eigenvalue weighted by molar-refractivity contribution is 4.50. The van der Waals surface area contributed by atoms with E-state index in [1.165, 1.54) is 64.2 Å². The van der Waals surface area contributed by atoms with Crippen molar-refractivity contribution in [1.82, 2.24) is 0 Å². The Kier molecular flexibility index (Phi) is 15.8. The van der Waals surface area contributed by atoms with E-state index in [-0.39, 0.29) is 6.61 Å². The number of aliphatic hydroxyl groups is 1. The Hall–Kier alpha value is -0.120. The second-order valence-electron chi connectivity index (χ2n) is 5.43. The van der Waals surface area contributed by atoms with E-state index in [2.05, 4.69) is 6.92 Å². The van der Waals surface area contributed by atoms with Gasteiger partial charge in [0, 0.05) is 6.61 Å². The molecule has 0 rings (SSSR count). The Labute approximate surface area is 119 Å². The lowest BCUT2D eigenvalue weighted by atomic mass is 10.1. The van der Waals surface area contributed by atoms with Crippen LogP contribution >= 0.6 is 0 Å². The molecule has 3 heteroatoms. The van der Waals surface area contributed by atoms with Gasteiger partial charge in [-0.1, -0.05) is 71.1 Å². The van der Waals surface area contributed by atoms with Gasteiger partial charge in [0.15, 0.2) is 0 Å². The van der Waals surface area contributed by atoms with Gasteiger partial charge >= 0.3 is 0 Å². The minimum atomic E-state index is -0.826. The molecule has 0 amide bonds. The molecule has 0 saturated heterocycles. The molecular formula is C16H33O3. The molecule has 115 valence electrons. The standard InChI is InChI=1S/C16H33O3/c1-2-3-4-5-6-7-8-9-10-11-12-13-19-15-16(18)14-17/h16,18H,2-15H2,1H3. The molecule has 0 fully saturated rings. The topological polar surface area (TPSA) is 49.4 Å². The fraction of sp³-hybridized carbons (Fsp3) is 1.00. The number of aliphatic hydroxyl groups excluding tert-OH is 1. The van der Waals surface area contributed by atoms with Gasteiger partial charge in [-0.15, -0.1) is 0 Å². The molecule has 3 nitrogen and oxygen atoms in total. The van der Waals surface area contributed by atoms with Gasteiger partial charge in [-0.3, -0.25) is 0 Å². The third-order valence-corrected chi connectivity index (χ3v) is 3.39. The van der Waals surface area contributed by atoms with Gasteiger partial charge in [0.2, 0.25) is 0 Å². The Balaban J connectivity index is 2.95. The molecule has 1 radical (unpaired) electrons. The van der Waals surface area contributed by atoms with Gasteiger partial charge in [0.25, 0.3) is 0 Å². The molecule has 1 N–H and O–H groups in total. The summed E-state index contributed by atoms with van der Waals surface area (Å²) >= 11 is 0. The first kappa shape index (κ1) is 18.9. The van der Waals surface area contributed by atoms with Crippen molar-refractivity contribution in [3.8, 4) is 0 Å². The molecule has 0 spiro atoms. The van der Waals surface area contributed by atoms with Crippen molar-refractivity contribution in [2.75, 3.05) is 19.8 Å². The van der Waals surface area contributed by atoms with Gasteiger partial charge in [0.1, 0.15) is 12.7 Å². The van der Waals surface area contributed by atoms with Crippen LogP contribution in [0.5, 0.6) is 0 Å². The van der Waals surface area contributed by atoms with Crippen LogP contribution in [0, 0.1) is 0 Å². The van der Waals surface area contributed by atoms with Crippen LogP contribution in [0.25, 0.3) is 0 Å². The van der Waals surface area contributed by atoms with Gasteiger partial charge in [-0.2, -0.15) is 0 Å². The quantitative estimate of drug-likeness (QED) is 0.457. The van der Waals surface area contributed by atoms with Crippen LogP contribution in [0.15, 0.2) is 0 Å². The Bertz CT molecular complexity index is 162. The Morgan fingerprint density at radius 1 is 0.842 bits per heavy atom. The van der Waals surface area contributed by atoms with Crippen LogP contribution in [-0.4, -0.2) is 31.0 Å². The fourth-order valence-corrected chi connectivity index (χ4v) is 2.14. The van der Waals surface area contributed by atoms with E-state index in [1.807, 2.05) is 0 Å². The van der Waals surface area contributed by atoms with E-state index in [1.54, 1.807) is 0 Å². The maximum atomic E-state index is 10.2. The minimum Gasteiger partial charge on any atom is -0.388 e. The zero-order valence-electron chi connectivity index (χ0n) is 12.7. The van der Waals surface area contributed by atoms with Crippen molar-refractivity contribution in [3.63, 3.8) is 0 Å². The number of unbranched alkanes of at least 4 members (excludes halogenated alkanes) is 10. The predicted molar refractivity (Wildman–Crippen MR) is 78.8 cm³/mol. The van der Waals surface area contributed by atoms with Crippen LogP contribution in [-0.2, 0) is 9.84 Å². The third kappa shape index (κ3) is 15.8. The molecule has 1 unspecified atom stereocenters. The molecule has 1 atom stereocenters. The van der Waals surface area contributed by atoms with Crippen molar-refractivity contribution in [1.29, 1.82) is 0 Å². The van der Waals surface area contributed by atoms with Crippen molar-refractivity contribution in [3.05, 3.63) is 0 Å². The molecule has 0 aromatic rings. The normalized spacial score (nSPS) is 12.8. The molecule has 0 aliphatic heterocycles. The second-order valence-corrected chi connectivity index (χ2v) is 5.43. The number of hydrogen-bond donors (Lipinski definition) is 1. The second kappa shape index (κ2) is 15.9. The van der Waals surface area contributed by atoms with Crippen LogP contribution in [0.3, 0.4) is 0 Å². The van der Waals surface area contributed by atoms with E-state index in [9.17, 15) is 5.11 Å². The van der Waals surface area contributed by atoms with Gasteiger partial charge < -0.3 is 9.84 Å². The molecule has 0 bridgehead atoms. The van der Waals surface area contributed by atoms with Crippen molar-refractivity contribution >= 4 is 0 Å². The molecule has 0 aromatic heterocycles. The maximum absolute atomic E-state index is 10.2. The van der Waals surface area contributed by atoms with Gasteiger partial charge in [-0.25, -0.2) is 5.11 Å². The molecule has 0 aliphatic rings. The van der Waals surface area contributed by atoms with Crippen LogP contribution < -0.4 is 0 Å². The number of hydrogen-bond acceptors (Lipinski definition) is 2. The highest BCUT2D eigenvalue weighted by Gasteiger charge is 2.01. The summed E-state index contributed by atoms with van der Waals surface area (Å²) in [5.41, 5.74) is 0. The molecule has 0 saturated carbocycles. The first-order valence-corrected chi connectivity index (χ1v) is 8.15. The predicted octanol–water partition coefficient (Wildman–Crippen LogP) is 4.11. The smallest absolute Gasteiger partial charge is 0.110 e. The molecule has 0 aliphatic carbocycles. The molecule has 0 aromatic carbocycles. The summed E-state index contributed by atoms with van der Waals surface area (Å²) in [4.78, 5) is 0. The molecular weight excluding hydrogens is 240 g/mol. The van der Waals surface area contributed by atoms with Crippen LogP contribution in [0.1, 0.15) is 77.6 Å². The van der Waals surface area contributed by atoms with E-state index in [4.69, 9.17) is 9.84 Å². The summed E-state index contributed by atoms with van der Waals surface area (Å²) in [5, 5.41) is 19.2. The highest BCUT2D eigenvalue weighted by Crippen LogP contribution is 2.11. The van der Waals surface area contributed by atoms with Crippen molar-refractivity contribution < 1.29 is 14.9 Å². The van der Waals surface area contributed by atoms with Crippen molar-refractivity contribution in [2.24, 2.45) is 0 Å². The summed E-state index contributed by atoms with van der Waals surface area (Å²) < 4.78 is 5.22. The van der Waals surface area contributed by atoms with E-state index >= 15 is 0 Å². The lowest BCUT2D eigenvalue weighted by Gasteiger charge is -2.07. The largest absolute Gasteiger partial charge is 0.388 e. The molecule has 19 heavy (non-hydrogen) atoms. The summed E-state index contributed by atoms with van der Waals surface area (Å²) in [6, 6.07) is 0. The average molecular weight is 273 g/mol.